The van der Waals surface area contributed by atoms with Crippen molar-refractivity contribution in [1.82, 2.24) is 0 Å². The summed E-state index contributed by atoms with van der Waals surface area (Å²) in [4.78, 5) is 10.9. The summed E-state index contributed by atoms with van der Waals surface area (Å²) in [6.45, 7) is 5.21. The van der Waals surface area contributed by atoms with Crippen molar-refractivity contribution >= 4 is 5.97 Å². The van der Waals surface area contributed by atoms with Gasteiger partial charge in [0.2, 0.25) is 0 Å². The molecule has 0 aliphatic rings. The molecule has 82 valence electrons. The maximum Gasteiger partial charge on any atom is 0.309 e. The minimum atomic E-state index is -0.858. The number of carboxylic acids is 1. The Morgan fingerprint density at radius 1 is 1.40 bits per heavy atom. The molecule has 0 spiro atoms. The molecule has 2 N–H and O–H groups in total. The topological polar surface area (TPSA) is 57.5 Å². The molecule has 0 heterocycles. The van der Waals surface area contributed by atoms with Gasteiger partial charge in [-0.3, -0.25) is 4.79 Å². The van der Waals surface area contributed by atoms with Crippen LogP contribution in [0.3, 0.4) is 0 Å². The summed E-state index contributed by atoms with van der Waals surface area (Å²) in [5, 5.41) is 18.6. The van der Waals surface area contributed by atoms with Crippen molar-refractivity contribution in [2.24, 2.45) is 5.41 Å². The molecule has 1 rings (SSSR count). The second-order valence-corrected chi connectivity index (χ2v) is 4.50. The summed E-state index contributed by atoms with van der Waals surface area (Å²) in [5.41, 5.74) is 0.844. The molecule has 0 atom stereocenters. The van der Waals surface area contributed by atoms with Gasteiger partial charge in [-0.05, 0) is 38.8 Å². The van der Waals surface area contributed by atoms with Crippen LogP contribution in [0, 0.1) is 12.3 Å². The maximum atomic E-state index is 10.9. The fourth-order valence-corrected chi connectivity index (χ4v) is 1.41. The summed E-state index contributed by atoms with van der Waals surface area (Å²) in [7, 11) is 0. The number of carboxylic acid groups (broad SMARTS) is 1. The lowest BCUT2D eigenvalue weighted by Crippen LogP contribution is -2.26. The molecule has 0 unspecified atom stereocenters. The number of hydrogen-bond acceptors (Lipinski definition) is 2. The standard InChI is InChI=1S/C12H16O3/c1-8-4-5-10(13)9(6-8)7-12(2,3)11(14)15/h4-6,13H,7H2,1-3H3,(H,14,15). The molecule has 1 aromatic carbocycles. The molecular weight excluding hydrogens is 192 g/mol. The van der Waals surface area contributed by atoms with Gasteiger partial charge in [-0.1, -0.05) is 17.7 Å². The van der Waals surface area contributed by atoms with Gasteiger partial charge < -0.3 is 10.2 Å². The smallest absolute Gasteiger partial charge is 0.309 e. The molecule has 0 aliphatic heterocycles. The lowest BCUT2D eigenvalue weighted by molar-refractivity contribution is -0.146. The molecule has 3 heteroatoms. The first-order valence-electron chi connectivity index (χ1n) is 4.85. The molecule has 1 aromatic rings. The number of benzene rings is 1. The van der Waals surface area contributed by atoms with E-state index in [1.165, 1.54) is 0 Å². The van der Waals surface area contributed by atoms with Crippen LogP contribution in [0.5, 0.6) is 5.75 Å². The number of hydrogen-bond donors (Lipinski definition) is 2. The van der Waals surface area contributed by atoms with Gasteiger partial charge in [0.1, 0.15) is 5.75 Å². The monoisotopic (exact) mass is 208 g/mol. The summed E-state index contributed by atoms with van der Waals surface area (Å²) >= 11 is 0. The van der Waals surface area contributed by atoms with E-state index in [4.69, 9.17) is 5.11 Å². The third-order valence-electron chi connectivity index (χ3n) is 2.45. The van der Waals surface area contributed by atoms with Crippen LogP contribution in [0.4, 0.5) is 0 Å². The van der Waals surface area contributed by atoms with Crippen LogP contribution in [0.25, 0.3) is 0 Å². The van der Waals surface area contributed by atoms with E-state index in [1.807, 2.05) is 13.0 Å². The van der Waals surface area contributed by atoms with Crippen molar-refractivity contribution < 1.29 is 15.0 Å². The number of phenols is 1. The van der Waals surface area contributed by atoms with Crippen LogP contribution in [-0.2, 0) is 11.2 Å². The highest BCUT2D eigenvalue weighted by atomic mass is 16.4. The van der Waals surface area contributed by atoms with Crippen molar-refractivity contribution in [1.29, 1.82) is 0 Å². The van der Waals surface area contributed by atoms with E-state index in [0.29, 0.717) is 12.0 Å². The lowest BCUT2D eigenvalue weighted by Gasteiger charge is -2.19. The predicted molar refractivity (Wildman–Crippen MR) is 58.0 cm³/mol. The zero-order valence-electron chi connectivity index (χ0n) is 9.24. The van der Waals surface area contributed by atoms with Crippen molar-refractivity contribution in [2.45, 2.75) is 27.2 Å². The number of aliphatic carboxylic acids is 1. The third-order valence-corrected chi connectivity index (χ3v) is 2.45. The molecule has 0 radical (unpaired) electrons. The van der Waals surface area contributed by atoms with E-state index in [1.54, 1.807) is 26.0 Å². The second kappa shape index (κ2) is 3.93. The van der Waals surface area contributed by atoms with Crippen molar-refractivity contribution in [2.75, 3.05) is 0 Å². The highest BCUT2D eigenvalue weighted by Gasteiger charge is 2.28. The van der Waals surface area contributed by atoms with Gasteiger partial charge in [0.05, 0.1) is 5.41 Å². The normalized spacial score (nSPS) is 11.4. The Balaban J connectivity index is 2.99. The van der Waals surface area contributed by atoms with Gasteiger partial charge >= 0.3 is 5.97 Å². The lowest BCUT2D eigenvalue weighted by atomic mass is 9.85. The molecule has 0 saturated carbocycles. The van der Waals surface area contributed by atoms with Crippen molar-refractivity contribution in [3.8, 4) is 5.75 Å². The van der Waals surface area contributed by atoms with Gasteiger partial charge in [0.15, 0.2) is 0 Å². The second-order valence-electron chi connectivity index (χ2n) is 4.50. The van der Waals surface area contributed by atoms with E-state index in [2.05, 4.69) is 0 Å². The average Bonchev–Trinajstić information content (AvgIpc) is 2.10. The first kappa shape index (κ1) is 11.6. The molecule has 15 heavy (non-hydrogen) atoms. The van der Waals surface area contributed by atoms with Gasteiger partial charge in [0.25, 0.3) is 0 Å². The number of aryl methyl sites for hydroxylation is 1. The maximum absolute atomic E-state index is 10.9. The van der Waals surface area contributed by atoms with Crippen LogP contribution < -0.4 is 0 Å². The Bertz CT molecular complexity index is 380. The first-order chi connectivity index (χ1) is 6.83. The predicted octanol–water partition coefficient (Wildman–Crippen LogP) is 2.35. The summed E-state index contributed by atoms with van der Waals surface area (Å²) in [6, 6.07) is 5.22. The van der Waals surface area contributed by atoms with Gasteiger partial charge in [-0.2, -0.15) is 0 Å². The number of carbonyl (C=O) groups is 1. The molecule has 0 saturated heterocycles. The van der Waals surface area contributed by atoms with Crippen LogP contribution in [0.1, 0.15) is 25.0 Å². The Morgan fingerprint density at radius 2 is 2.00 bits per heavy atom. The fourth-order valence-electron chi connectivity index (χ4n) is 1.41. The first-order valence-corrected chi connectivity index (χ1v) is 4.85. The summed E-state index contributed by atoms with van der Waals surface area (Å²) in [6.07, 6.45) is 0.329. The van der Waals surface area contributed by atoms with Gasteiger partial charge in [0, 0.05) is 0 Å². The Hall–Kier alpha value is -1.51. The van der Waals surface area contributed by atoms with Gasteiger partial charge in [-0.15, -0.1) is 0 Å². The Morgan fingerprint density at radius 3 is 2.53 bits per heavy atom. The summed E-state index contributed by atoms with van der Waals surface area (Å²) in [5.74, 6) is -0.696. The van der Waals surface area contributed by atoms with E-state index < -0.39 is 11.4 Å². The van der Waals surface area contributed by atoms with E-state index in [0.717, 1.165) is 5.56 Å². The minimum Gasteiger partial charge on any atom is -0.508 e. The van der Waals surface area contributed by atoms with Gasteiger partial charge in [-0.25, -0.2) is 0 Å². The van der Waals surface area contributed by atoms with Crippen molar-refractivity contribution in [3.05, 3.63) is 29.3 Å². The fraction of sp³-hybridized carbons (Fsp3) is 0.417. The third kappa shape index (κ3) is 2.72. The van der Waals surface area contributed by atoms with Crippen LogP contribution in [-0.4, -0.2) is 16.2 Å². The molecule has 0 amide bonds. The average molecular weight is 208 g/mol. The van der Waals surface area contributed by atoms with E-state index in [-0.39, 0.29) is 5.75 Å². The largest absolute Gasteiger partial charge is 0.508 e. The quantitative estimate of drug-likeness (QED) is 0.801. The zero-order chi connectivity index (χ0) is 11.6. The Labute approximate surface area is 89.4 Å². The molecule has 0 aromatic heterocycles. The Kier molecular flexibility index (Phi) is 3.03. The molecular formula is C12H16O3. The highest BCUT2D eigenvalue weighted by Crippen LogP contribution is 2.28. The van der Waals surface area contributed by atoms with E-state index >= 15 is 0 Å². The summed E-state index contributed by atoms with van der Waals surface area (Å²) < 4.78 is 0. The number of rotatable bonds is 3. The number of phenolic OH excluding ortho intramolecular Hbond substituents is 1. The SMILES string of the molecule is Cc1ccc(O)c(CC(C)(C)C(=O)O)c1. The van der Waals surface area contributed by atoms with Crippen LogP contribution >= 0.6 is 0 Å². The highest BCUT2D eigenvalue weighted by molar-refractivity contribution is 5.74. The molecule has 0 aliphatic carbocycles. The zero-order valence-corrected chi connectivity index (χ0v) is 9.24. The molecule has 0 bridgehead atoms. The van der Waals surface area contributed by atoms with Crippen LogP contribution in [0.15, 0.2) is 18.2 Å². The van der Waals surface area contributed by atoms with Crippen molar-refractivity contribution in [3.63, 3.8) is 0 Å². The minimum absolute atomic E-state index is 0.162. The molecule has 3 nitrogen and oxygen atoms in total. The van der Waals surface area contributed by atoms with E-state index in [9.17, 15) is 9.90 Å². The molecule has 0 fully saturated rings. The van der Waals surface area contributed by atoms with Crippen LogP contribution in [0.2, 0.25) is 0 Å². The number of aromatic hydroxyl groups is 1.